The van der Waals surface area contributed by atoms with Gasteiger partial charge in [0.05, 0.1) is 10.7 Å². The maximum absolute atomic E-state index is 12.6. The van der Waals surface area contributed by atoms with Crippen molar-refractivity contribution < 1.29 is 9.59 Å². The van der Waals surface area contributed by atoms with E-state index in [9.17, 15) is 9.59 Å². The number of nitrogens with zero attached hydrogens (tertiary/aromatic N) is 2. The number of thioether (sulfide) groups is 1. The first-order chi connectivity index (χ1) is 11.7. The molecular weight excluding hydrogens is 381 g/mol. The predicted molar refractivity (Wildman–Crippen MR) is 106 cm³/mol. The number of benzene rings is 1. The lowest BCUT2D eigenvalue weighted by atomic mass is 10.2. The standard InChI is InChI=1S/C17H21Cl2N3O2S/c1-9(2)20-17-22(10(3)4)16(24)14(25-17)8-15(23)21-13-6-5-11(18)7-12(13)19/h5-7,9-10,14H,8H2,1-4H3,(H,21,23)/t14-/m1/s1. The van der Waals surface area contributed by atoms with E-state index < -0.39 is 5.25 Å². The highest BCUT2D eigenvalue weighted by atomic mass is 35.5. The minimum Gasteiger partial charge on any atom is -0.325 e. The second kappa shape index (κ2) is 8.43. The van der Waals surface area contributed by atoms with Crippen molar-refractivity contribution >= 4 is 57.6 Å². The van der Waals surface area contributed by atoms with Crippen LogP contribution >= 0.6 is 35.0 Å². The molecule has 5 nitrogen and oxygen atoms in total. The van der Waals surface area contributed by atoms with Gasteiger partial charge in [0, 0.05) is 23.5 Å². The molecule has 2 amide bonds. The first-order valence-electron chi connectivity index (χ1n) is 8.01. The van der Waals surface area contributed by atoms with Crippen molar-refractivity contribution in [1.82, 2.24) is 4.90 Å². The molecule has 1 heterocycles. The summed E-state index contributed by atoms with van der Waals surface area (Å²) in [7, 11) is 0. The number of nitrogens with one attached hydrogen (secondary N) is 1. The van der Waals surface area contributed by atoms with Gasteiger partial charge in [-0.05, 0) is 45.9 Å². The van der Waals surface area contributed by atoms with Gasteiger partial charge in [-0.2, -0.15) is 0 Å². The largest absolute Gasteiger partial charge is 0.325 e. The van der Waals surface area contributed by atoms with E-state index in [0.29, 0.717) is 20.9 Å². The quantitative estimate of drug-likeness (QED) is 0.792. The highest BCUT2D eigenvalue weighted by Crippen LogP contribution is 2.32. The third-order valence-electron chi connectivity index (χ3n) is 3.43. The molecule has 1 aromatic rings. The van der Waals surface area contributed by atoms with Crippen LogP contribution in [0.15, 0.2) is 23.2 Å². The van der Waals surface area contributed by atoms with E-state index in [2.05, 4.69) is 10.3 Å². The number of carbonyl (C=O) groups excluding carboxylic acids is 2. The Morgan fingerprint density at radius 1 is 1.32 bits per heavy atom. The van der Waals surface area contributed by atoms with Gasteiger partial charge in [-0.1, -0.05) is 35.0 Å². The summed E-state index contributed by atoms with van der Waals surface area (Å²) in [6.07, 6.45) is 0.0583. The van der Waals surface area contributed by atoms with Crippen molar-refractivity contribution in [3.8, 4) is 0 Å². The zero-order chi connectivity index (χ0) is 18.7. The van der Waals surface area contributed by atoms with Crippen LogP contribution in [-0.4, -0.2) is 39.2 Å². The Bertz CT molecular complexity index is 707. The number of carbonyl (C=O) groups is 2. The highest BCUT2D eigenvalue weighted by molar-refractivity contribution is 8.15. The average molecular weight is 402 g/mol. The zero-order valence-corrected chi connectivity index (χ0v) is 16.9. The fourth-order valence-corrected chi connectivity index (χ4v) is 4.21. The van der Waals surface area contributed by atoms with Gasteiger partial charge in [-0.15, -0.1) is 0 Å². The molecule has 0 unspecified atom stereocenters. The maximum atomic E-state index is 12.6. The Labute approximate surface area is 162 Å². The summed E-state index contributed by atoms with van der Waals surface area (Å²) >= 11 is 13.3. The van der Waals surface area contributed by atoms with Gasteiger partial charge in [0.15, 0.2) is 5.17 Å². The third-order valence-corrected chi connectivity index (χ3v) is 5.14. The van der Waals surface area contributed by atoms with E-state index in [4.69, 9.17) is 23.2 Å². The van der Waals surface area contributed by atoms with Crippen molar-refractivity contribution in [3.63, 3.8) is 0 Å². The summed E-state index contributed by atoms with van der Waals surface area (Å²) in [4.78, 5) is 31.1. The summed E-state index contributed by atoms with van der Waals surface area (Å²) in [5.74, 6) is -0.360. The van der Waals surface area contributed by atoms with Gasteiger partial charge in [0.25, 0.3) is 0 Å². The van der Waals surface area contributed by atoms with E-state index in [1.165, 1.54) is 11.8 Å². The zero-order valence-electron chi connectivity index (χ0n) is 14.5. The van der Waals surface area contributed by atoms with Crippen LogP contribution < -0.4 is 5.32 Å². The van der Waals surface area contributed by atoms with Crippen LogP contribution in [0.25, 0.3) is 0 Å². The van der Waals surface area contributed by atoms with Crippen LogP contribution in [0.3, 0.4) is 0 Å². The summed E-state index contributed by atoms with van der Waals surface area (Å²) in [5.41, 5.74) is 0.475. The summed E-state index contributed by atoms with van der Waals surface area (Å²) < 4.78 is 0. The van der Waals surface area contributed by atoms with Crippen LogP contribution in [0.1, 0.15) is 34.1 Å². The van der Waals surface area contributed by atoms with Gasteiger partial charge in [-0.3, -0.25) is 19.5 Å². The lowest BCUT2D eigenvalue weighted by molar-refractivity contribution is -0.129. The Morgan fingerprint density at radius 2 is 2.00 bits per heavy atom. The lowest BCUT2D eigenvalue weighted by Gasteiger charge is -2.21. The minimum atomic E-state index is -0.481. The monoisotopic (exact) mass is 401 g/mol. The van der Waals surface area contributed by atoms with E-state index in [-0.39, 0.29) is 30.3 Å². The smallest absolute Gasteiger partial charge is 0.242 e. The van der Waals surface area contributed by atoms with E-state index >= 15 is 0 Å². The molecule has 1 N–H and O–H groups in total. The van der Waals surface area contributed by atoms with Crippen molar-refractivity contribution in [2.45, 2.75) is 51.4 Å². The molecule has 0 radical (unpaired) electrons. The number of halogens is 2. The molecule has 136 valence electrons. The van der Waals surface area contributed by atoms with Gasteiger partial charge < -0.3 is 5.32 Å². The number of amides is 2. The molecule has 0 bridgehead atoms. The first-order valence-corrected chi connectivity index (χ1v) is 9.65. The molecule has 0 saturated carbocycles. The van der Waals surface area contributed by atoms with Gasteiger partial charge >= 0.3 is 0 Å². The topological polar surface area (TPSA) is 61.8 Å². The second-order valence-corrected chi connectivity index (χ2v) is 8.30. The van der Waals surface area contributed by atoms with Crippen LogP contribution in [0.4, 0.5) is 5.69 Å². The van der Waals surface area contributed by atoms with Crippen molar-refractivity contribution in [2.75, 3.05) is 5.32 Å². The molecule has 1 aliphatic rings. The SMILES string of the molecule is CC(C)N=C1S[C@H](CC(=O)Nc2ccc(Cl)cc2Cl)C(=O)N1C(C)C. The molecule has 1 atom stereocenters. The first kappa shape index (κ1) is 20.1. The number of hydrogen-bond donors (Lipinski definition) is 1. The Morgan fingerprint density at radius 3 is 2.56 bits per heavy atom. The fourth-order valence-electron chi connectivity index (χ4n) is 2.36. The lowest BCUT2D eigenvalue weighted by Crippen LogP contribution is -2.38. The van der Waals surface area contributed by atoms with Crippen LogP contribution in [0.2, 0.25) is 10.0 Å². The van der Waals surface area contributed by atoms with Crippen molar-refractivity contribution in [3.05, 3.63) is 28.2 Å². The van der Waals surface area contributed by atoms with Crippen LogP contribution in [-0.2, 0) is 9.59 Å². The Kier molecular flexibility index (Phi) is 6.77. The number of amidine groups is 1. The van der Waals surface area contributed by atoms with Gasteiger partial charge in [0.1, 0.15) is 5.25 Å². The second-order valence-electron chi connectivity index (χ2n) is 6.29. The molecule has 8 heteroatoms. The van der Waals surface area contributed by atoms with Gasteiger partial charge in [0.2, 0.25) is 11.8 Å². The summed E-state index contributed by atoms with van der Waals surface area (Å²) in [6, 6.07) is 4.92. The predicted octanol–water partition coefficient (Wildman–Crippen LogP) is 4.44. The normalized spacial score (nSPS) is 19.4. The molecule has 1 aliphatic heterocycles. The highest BCUT2D eigenvalue weighted by Gasteiger charge is 2.40. The number of rotatable bonds is 5. The number of aliphatic imine (C=N–C) groups is 1. The molecule has 25 heavy (non-hydrogen) atoms. The fraction of sp³-hybridized carbons (Fsp3) is 0.471. The van der Waals surface area contributed by atoms with E-state index in [1.807, 2.05) is 27.7 Å². The average Bonchev–Trinajstić information content (AvgIpc) is 2.77. The molecule has 0 spiro atoms. The number of anilines is 1. The van der Waals surface area contributed by atoms with Crippen LogP contribution in [0, 0.1) is 0 Å². The summed E-state index contributed by atoms with van der Waals surface area (Å²) in [6.45, 7) is 7.78. The third kappa shape index (κ3) is 5.12. The van der Waals surface area contributed by atoms with E-state index in [0.717, 1.165) is 0 Å². The molecule has 0 aromatic heterocycles. The molecule has 1 saturated heterocycles. The minimum absolute atomic E-state index is 0.00345. The van der Waals surface area contributed by atoms with Crippen molar-refractivity contribution in [1.29, 1.82) is 0 Å². The molecule has 1 fully saturated rings. The summed E-state index contributed by atoms with van der Waals surface area (Å²) in [5, 5.41) is 3.78. The Balaban J connectivity index is 2.09. The maximum Gasteiger partial charge on any atom is 0.242 e. The van der Waals surface area contributed by atoms with Crippen molar-refractivity contribution in [2.24, 2.45) is 4.99 Å². The Hall–Kier alpha value is -1.24. The van der Waals surface area contributed by atoms with Crippen LogP contribution in [0.5, 0.6) is 0 Å². The molecule has 0 aliphatic carbocycles. The number of hydrogen-bond acceptors (Lipinski definition) is 4. The molecular formula is C17H21Cl2N3O2S. The van der Waals surface area contributed by atoms with Gasteiger partial charge in [-0.25, -0.2) is 0 Å². The molecule has 2 rings (SSSR count). The van der Waals surface area contributed by atoms with E-state index in [1.54, 1.807) is 23.1 Å². The molecule has 1 aromatic carbocycles.